The van der Waals surface area contributed by atoms with E-state index in [1.807, 2.05) is 0 Å². The number of aliphatic hydroxyl groups excluding tert-OH is 1. The van der Waals surface area contributed by atoms with Crippen LogP contribution in [0.25, 0.3) is 0 Å². The quantitative estimate of drug-likeness (QED) is 0.445. The monoisotopic (exact) mass is 351 g/mol. The van der Waals surface area contributed by atoms with Crippen molar-refractivity contribution in [2.75, 3.05) is 20.8 Å². The topological polar surface area (TPSA) is 89.1 Å². The molecular weight excluding hydrogens is 318 g/mol. The molecule has 0 aromatic heterocycles. The molecular formula is C19H33N3O3. The van der Waals surface area contributed by atoms with Crippen molar-refractivity contribution in [1.82, 2.24) is 5.32 Å². The Morgan fingerprint density at radius 3 is 2.24 bits per heavy atom. The molecule has 1 rings (SSSR count). The highest BCUT2D eigenvalue weighted by molar-refractivity contribution is 5.78. The first kappa shape index (κ1) is 21.1. The maximum atomic E-state index is 10.3. The number of methoxy groups -OCH3 is 2. The molecule has 0 saturated carbocycles. The molecule has 0 spiro atoms. The minimum atomic E-state index is -0.777. The van der Waals surface area contributed by atoms with Crippen LogP contribution in [0.5, 0.6) is 11.5 Å². The molecule has 0 aliphatic rings. The van der Waals surface area contributed by atoms with Gasteiger partial charge in [0.1, 0.15) is 11.5 Å². The molecule has 0 aliphatic carbocycles. The van der Waals surface area contributed by atoms with E-state index in [0.717, 1.165) is 12.8 Å². The zero-order chi connectivity index (χ0) is 18.8. The van der Waals surface area contributed by atoms with Gasteiger partial charge in [0, 0.05) is 12.1 Å². The molecule has 142 valence electrons. The zero-order valence-electron chi connectivity index (χ0n) is 16.1. The first-order valence-electron chi connectivity index (χ1n) is 8.83. The predicted molar refractivity (Wildman–Crippen MR) is 102 cm³/mol. The van der Waals surface area contributed by atoms with E-state index < -0.39 is 6.10 Å². The summed E-state index contributed by atoms with van der Waals surface area (Å²) < 4.78 is 10.4. The van der Waals surface area contributed by atoms with Crippen molar-refractivity contribution < 1.29 is 14.6 Å². The van der Waals surface area contributed by atoms with Crippen LogP contribution in [0.15, 0.2) is 23.2 Å². The van der Waals surface area contributed by atoms with Gasteiger partial charge < -0.3 is 25.6 Å². The van der Waals surface area contributed by atoms with Crippen molar-refractivity contribution in [3.63, 3.8) is 0 Å². The number of ether oxygens (including phenoxy) is 2. The van der Waals surface area contributed by atoms with E-state index in [-0.39, 0.29) is 12.6 Å². The van der Waals surface area contributed by atoms with Crippen molar-refractivity contribution in [2.45, 2.75) is 52.2 Å². The lowest BCUT2D eigenvalue weighted by Crippen LogP contribution is -2.38. The predicted octanol–water partition coefficient (Wildman–Crippen LogP) is 2.86. The van der Waals surface area contributed by atoms with Crippen LogP contribution in [-0.4, -0.2) is 37.9 Å². The lowest BCUT2D eigenvalue weighted by atomic mass is 10.0. The van der Waals surface area contributed by atoms with Crippen molar-refractivity contribution >= 4 is 5.96 Å². The summed E-state index contributed by atoms with van der Waals surface area (Å²) in [6.07, 6.45) is 2.63. The van der Waals surface area contributed by atoms with E-state index >= 15 is 0 Å². The average Bonchev–Trinajstić information content (AvgIpc) is 2.58. The summed E-state index contributed by atoms with van der Waals surface area (Å²) in [6, 6.07) is 5.55. The Morgan fingerprint density at radius 2 is 1.72 bits per heavy atom. The molecule has 25 heavy (non-hydrogen) atoms. The number of nitrogens with zero attached hydrogens (tertiary/aromatic N) is 1. The second-order valence-corrected chi connectivity index (χ2v) is 6.76. The van der Waals surface area contributed by atoms with Crippen LogP contribution >= 0.6 is 0 Å². The van der Waals surface area contributed by atoms with Gasteiger partial charge in [-0.05, 0) is 37.0 Å². The molecule has 4 N–H and O–H groups in total. The fourth-order valence-corrected chi connectivity index (χ4v) is 2.51. The average molecular weight is 351 g/mol. The van der Waals surface area contributed by atoms with Crippen LogP contribution in [0.3, 0.4) is 0 Å². The fraction of sp³-hybridized carbons (Fsp3) is 0.632. The van der Waals surface area contributed by atoms with Gasteiger partial charge in [-0.1, -0.05) is 26.7 Å². The number of hydrogen-bond donors (Lipinski definition) is 3. The molecule has 1 aromatic carbocycles. The number of hydrogen-bond acceptors (Lipinski definition) is 4. The Morgan fingerprint density at radius 1 is 1.12 bits per heavy atom. The minimum Gasteiger partial charge on any atom is -0.497 e. The van der Waals surface area contributed by atoms with Crippen LogP contribution in [0.2, 0.25) is 0 Å². The molecule has 0 aliphatic heterocycles. The van der Waals surface area contributed by atoms with Gasteiger partial charge in [0.15, 0.2) is 5.96 Å². The van der Waals surface area contributed by atoms with Crippen molar-refractivity contribution in [2.24, 2.45) is 16.6 Å². The molecule has 0 radical (unpaired) electrons. The summed E-state index contributed by atoms with van der Waals surface area (Å²) in [7, 11) is 3.15. The van der Waals surface area contributed by atoms with Crippen molar-refractivity contribution in [1.29, 1.82) is 0 Å². The summed E-state index contributed by atoms with van der Waals surface area (Å²) >= 11 is 0. The Balaban J connectivity index is 2.56. The Kier molecular flexibility index (Phi) is 9.13. The summed E-state index contributed by atoms with van der Waals surface area (Å²) in [6.45, 7) is 6.71. The second-order valence-electron chi connectivity index (χ2n) is 6.76. The number of guanidine groups is 1. The van der Waals surface area contributed by atoms with Crippen LogP contribution in [0.4, 0.5) is 0 Å². The van der Waals surface area contributed by atoms with Crippen LogP contribution < -0.4 is 20.5 Å². The number of nitrogens with two attached hydrogens (primary N) is 1. The number of aliphatic hydroxyl groups is 1. The molecule has 2 unspecified atom stereocenters. The smallest absolute Gasteiger partial charge is 0.188 e. The SMILES string of the molecule is COc1cc(OC)cc(C(O)CN=C(N)NC(C)CCCC(C)C)c1. The molecule has 0 saturated heterocycles. The lowest BCUT2D eigenvalue weighted by molar-refractivity contribution is 0.186. The Labute approximate surface area is 151 Å². The van der Waals surface area contributed by atoms with Gasteiger partial charge in [0.05, 0.1) is 26.9 Å². The highest BCUT2D eigenvalue weighted by Gasteiger charge is 2.11. The molecule has 0 heterocycles. The number of aliphatic imine (C=N–C) groups is 1. The third-order valence-corrected chi connectivity index (χ3v) is 4.01. The highest BCUT2D eigenvalue weighted by Crippen LogP contribution is 2.26. The van der Waals surface area contributed by atoms with Gasteiger partial charge in [-0.15, -0.1) is 0 Å². The molecule has 2 atom stereocenters. The summed E-state index contributed by atoms with van der Waals surface area (Å²) in [5, 5.41) is 13.5. The van der Waals surface area contributed by atoms with Gasteiger partial charge in [-0.25, -0.2) is 0 Å². The Bertz CT molecular complexity index is 524. The van der Waals surface area contributed by atoms with Crippen LogP contribution in [0, 0.1) is 5.92 Å². The number of nitrogens with one attached hydrogen (secondary N) is 1. The van der Waals surface area contributed by atoms with E-state index in [0.29, 0.717) is 28.9 Å². The molecule has 6 heteroatoms. The first-order valence-corrected chi connectivity index (χ1v) is 8.83. The highest BCUT2D eigenvalue weighted by atomic mass is 16.5. The fourth-order valence-electron chi connectivity index (χ4n) is 2.51. The lowest BCUT2D eigenvalue weighted by Gasteiger charge is -2.16. The van der Waals surface area contributed by atoms with Gasteiger partial charge in [-0.2, -0.15) is 0 Å². The van der Waals surface area contributed by atoms with Crippen LogP contribution in [-0.2, 0) is 0 Å². The van der Waals surface area contributed by atoms with E-state index in [1.165, 1.54) is 6.42 Å². The summed E-state index contributed by atoms with van der Waals surface area (Å²) in [4.78, 5) is 4.25. The van der Waals surface area contributed by atoms with E-state index in [2.05, 4.69) is 31.1 Å². The number of benzene rings is 1. The first-order chi connectivity index (χ1) is 11.8. The second kappa shape index (κ2) is 10.8. The normalized spacial score (nSPS) is 14.3. The summed E-state index contributed by atoms with van der Waals surface area (Å²) in [5.74, 6) is 2.32. The zero-order valence-corrected chi connectivity index (χ0v) is 16.1. The standard InChI is InChI=1S/C19H33N3O3/c1-13(2)7-6-8-14(3)22-19(20)21-12-18(23)15-9-16(24-4)11-17(10-15)25-5/h9-11,13-14,18,23H,6-8,12H2,1-5H3,(H3,20,21,22). The van der Waals surface area contributed by atoms with Gasteiger partial charge in [0.2, 0.25) is 0 Å². The molecule has 6 nitrogen and oxygen atoms in total. The summed E-state index contributed by atoms with van der Waals surface area (Å²) in [5.41, 5.74) is 6.60. The largest absolute Gasteiger partial charge is 0.497 e. The maximum Gasteiger partial charge on any atom is 0.188 e. The third kappa shape index (κ3) is 8.12. The van der Waals surface area contributed by atoms with Gasteiger partial charge in [0.25, 0.3) is 0 Å². The maximum absolute atomic E-state index is 10.3. The minimum absolute atomic E-state index is 0.174. The van der Waals surface area contributed by atoms with Crippen LogP contribution in [0.1, 0.15) is 51.7 Å². The molecule has 0 amide bonds. The van der Waals surface area contributed by atoms with Gasteiger partial charge in [-0.3, -0.25) is 4.99 Å². The molecule has 1 aromatic rings. The van der Waals surface area contributed by atoms with E-state index in [4.69, 9.17) is 15.2 Å². The van der Waals surface area contributed by atoms with Crippen molar-refractivity contribution in [3.05, 3.63) is 23.8 Å². The molecule has 0 bridgehead atoms. The third-order valence-electron chi connectivity index (χ3n) is 4.01. The van der Waals surface area contributed by atoms with E-state index in [9.17, 15) is 5.11 Å². The number of rotatable bonds is 10. The van der Waals surface area contributed by atoms with E-state index in [1.54, 1.807) is 32.4 Å². The molecule has 0 fully saturated rings. The van der Waals surface area contributed by atoms with Crippen molar-refractivity contribution in [3.8, 4) is 11.5 Å². The Hall–Kier alpha value is -1.95. The van der Waals surface area contributed by atoms with Gasteiger partial charge >= 0.3 is 0 Å².